The fraction of sp³-hybridized carbons (Fsp3) is 0. The number of aromatic amines is 1. The van der Waals surface area contributed by atoms with Gasteiger partial charge in [0.05, 0.1) is 11.6 Å². The number of hydrogen-bond donors (Lipinski definition) is 1. The zero-order valence-electron chi connectivity index (χ0n) is 9.01. The maximum Gasteiger partial charge on any atom is 0.137 e. The molecule has 3 aromatic rings. The van der Waals surface area contributed by atoms with Gasteiger partial charge in [0.25, 0.3) is 0 Å². The zero-order chi connectivity index (χ0) is 11.7. The second-order valence-corrected chi connectivity index (χ2v) is 3.76. The van der Waals surface area contributed by atoms with Gasteiger partial charge in [-0.25, -0.2) is 4.98 Å². The number of aromatic nitrogens is 2. The number of nitriles is 1. The molecule has 1 N–H and O–H groups in total. The van der Waals surface area contributed by atoms with Crippen LogP contribution in [0.1, 0.15) is 5.56 Å². The molecule has 1 heterocycles. The van der Waals surface area contributed by atoms with Gasteiger partial charge in [-0.1, -0.05) is 24.3 Å². The smallest absolute Gasteiger partial charge is 0.137 e. The van der Waals surface area contributed by atoms with Crippen molar-refractivity contribution < 1.29 is 0 Å². The molecule has 0 atom stereocenters. The van der Waals surface area contributed by atoms with Gasteiger partial charge in [0, 0.05) is 23.3 Å². The normalized spacial score (nSPS) is 10.3. The van der Waals surface area contributed by atoms with Crippen LogP contribution in [0.4, 0.5) is 0 Å². The van der Waals surface area contributed by atoms with E-state index < -0.39 is 0 Å². The van der Waals surface area contributed by atoms with Gasteiger partial charge in [0.1, 0.15) is 5.82 Å². The molecule has 0 aliphatic heterocycles. The number of rotatable bonds is 1. The van der Waals surface area contributed by atoms with Crippen LogP contribution >= 0.6 is 0 Å². The van der Waals surface area contributed by atoms with Crippen molar-refractivity contribution in [2.75, 3.05) is 0 Å². The van der Waals surface area contributed by atoms with Crippen molar-refractivity contribution in [3.8, 4) is 17.5 Å². The fourth-order valence-electron chi connectivity index (χ4n) is 2.02. The molecule has 1 aromatic heterocycles. The lowest BCUT2D eigenvalue weighted by molar-refractivity contribution is 1.32. The molecule has 2 aromatic carbocycles. The van der Waals surface area contributed by atoms with Crippen LogP contribution in [0.15, 0.2) is 48.8 Å². The van der Waals surface area contributed by atoms with Gasteiger partial charge in [-0.2, -0.15) is 5.26 Å². The Kier molecular flexibility index (Phi) is 2.13. The molecule has 0 saturated carbocycles. The second-order valence-electron chi connectivity index (χ2n) is 3.76. The summed E-state index contributed by atoms with van der Waals surface area (Å²) in [6.45, 7) is 0. The van der Waals surface area contributed by atoms with E-state index in [0.717, 1.165) is 22.2 Å². The fourth-order valence-corrected chi connectivity index (χ4v) is 2.02. The van der Waals surface area contributed by atoms with Crippen molar-refractivity contribution in [2.24, 2.45) is 0 Å². The van der Waals surface area contributed by atoms with Crippen molar-refractivity contribution >= 4 is 10.8 Å². The minimum atomic E-state index is 0.691. The van der Waals surface area contributed by atoms with E-state index in [1.165, 1.54) is 0 Å². The third-order valence-electron chi connectivity index (χ3n) is 2.80. The van der Waals surface area contributed by atoms with Crippen LogP contribution < -0.4 is 0 Å². The molecular weight excluding hydrogens is 210 g/mol. The molecule has 0 spiro atoms. The van der Waals surface area contributed by atoms with E-state index in [1.807, 2.05) is 36.4 Å². The Morgan fingerprint density at radius 3 is 2.59 bits per heavy atom. The molecular formula is C14H9N3. The third kappa shape index (κ3) is 1.47. The van der Waals surface area contributed by atoms with Crippen LogP contribution in [-0.4, -0.2) is 9.97 Å². The Labute approximate surface area is 98.4 Å². The summed E-state index contributed by atoms with van der Waals surface area (Å²) in [7, 11) is 0. The molecule has 0 unspecified atom stereocenters. The molecule has 0 radical (unpaired) electrons. The SMILES string of the molecule is N#Cc1ccc(-c2ncc[nH]2)c2ccccc12. The highest BCUT2D eigenvalue weighted by atomic mass is 14.9. The van der Waals surface area contributed by atoms with Gasteiger partial charge < -0.3 is 4.98 Å². The first kappa shape index (κ1) is 9.61. The van der Waals surface area contributed by atoms with E-state index in [0.29, 0.717) is 5.56 Å². The number of H-pyrrole nitrogens is 1. The number of nitrogens with zero attached hydrogens (tertiary/aromatic N) is 2. The lowest BCUT2D eigenvalue weighted by Gasteiger charge is -2.05. The first-order valence-electron chi connectivity index (χ1n) is 5.32. The quantitative estimate of drug-likeness (QED) is 0.683. The Balaban J connectivity index is 2.40. The first-order chi connectivity index (χ1) is 8.40. The molecule has 0 fully saturated rings. The first-order valence-corrected chi connectivity index (χ1v) is 5.32. The number of nitrogens with one attached hydrogen (secondary N) is 1. The minimum Gasteiger partial charge on any atom is -0.345 e. The molecule has 80 valence electrons. The van der Waals surface area contributed by atoms with Crippen LogP contribution in [0.25, 0.3) is 22.2 Å². The summed E-state index contributed by atoms with van der Waals surface area (Å²) < 4.78 is 0. The monoisotopic (exact) mass is 219 g/mol. The van der Waals surface area contributed by atoms with Crippen LogP contribution in [-0.2, 0) is 0 Å². The van der Waals surface area contributed by atoms with Gasteiger partial charge in [-0.05, 0) is 17.5 Å². The zero-order valence-corrected chi connectivity index (χ0v) is 9.01. The largest absolute Gasteiger partial charge is 0.345 e. The number of imidazole rings is 1. The average molecular weight is 219 g/mol. The molecule has 0 amide bonds. The van der Waals surface area contributed by atoms with Crippen molar-refractivity contribution in [3.63, 3.8) is 0 Å². The summed E-state index contributed by atoms with van der Waals surface area (Å²) in [6.07, 6.45) is 3.52. The average Bonchev–Trinajstić information content (AvgIpc) is 2.91. The molecule has 3 rings (SSSR count). The maximum atomic E-state index is 9.08. The predicted molar refractivity (Wildman–Crippen MR) is 66.2 cm³/mol. The molecule has 0 bridgehead atoms. The van der Waals surface area contributed by atoms with Crippen LogP contribution in [0, 0.1) is 11.3 Å². The highest BCUT2D eigenvalue weighted by Crippen LogP contribution is 2.28. The van der Waals surface area contributed by atoms with Crippen LogP contribution in [0.5, 0.6) is 0 Å². The van der Waals surface area contributed by atoms with Gasteiger partial charge in [0.15, 0.2) is 0 Å². The summed E-state index contributed by atoms with van der Waals surface area (Å²) in [4.78, 5) is 7.34. The Morgan fingerprint density at radius 1 is 1.06 bits per heavy atom. The molecule has 0 aliphatic carbocycles. The minimum absolute atomic E-state index is 0.691. The highest BCUT2D eigenvalue weighted by molar-refractivity contribution is 5.98. The van der Waals surface area contributed by atoms with Gasteiger partial charge in [0.2, 0.25) is 0 Å². The highest BCUT2D eigenvalue weighted by Gasteiger charge is 2.08. The van der Waals surface area contributed by atoms with E-state index in [9.17, 15) is 0 Å². The second kappa shape index (κ2) is 3.76. The molecule has 0 saturated heterocycles. The van der Waals surface area contributed by atoms with E-state index in [4.69, 9.17) is 5.26 Å². The lowest BCUT2D eigenvalue weighted by Crippen LogP contribution is -1.86. The number of fused-ring (bicyclic) bond motifs is 1. The van der Waals surface area contributed by atoms with Gasteiger partial charge in [-0.15, -0.1) is 0 Å². The van der Waals surface area contributed by atoms with Crippen molar-refractivity contribution in [1.82, 2.24) is 9.97 Å². The summed E-state index contributed by atoms with van der Waals surface area (Å²) in [5, 5.41) is 11.1. The van der Waals surface area contributed by atoms with E-state index in [1.54, 1.807) is 12.4 Å². The van der Waals surface area contributed by atoms with Gasteiger partial charge >= 0.3 is 0 Å². The topological polar surface area (TPSA) is 52.5 Å². The molecule has 0 aliphatic rings. The third-order valence-corrected chi connectivity index (χ3v) is 2.80. The van der Waals surface area contributed by atoms with Gasteiger partial charge in [-0.3, -0.25) is 0 Å². The Bertz CT molecular complexity index is 706. The van der Waals surface area contributed by atoms with Crippen LogP contribution in [0.3, 0.4) is 0 Å². The Hall–Kier alpha value is -2.60. The van der Waals surface area contributed by atoms with Crippen LogP contribution in [0.2, 0.25) is 0 Å². The van der Waals surface area contributed by atoms with Crippen molar-refractivity contribution in [1.29, 1.82) is 5.26 Å². The van der Waals surface area contributed by atoms with E-state index in [-0.39, 0.29) is 0 Å². The number of benzene rings is 2. The number of hydrogen-bond acceptors (Lipinski definition) is 2. The summed E-state index contributed by atoms with van der Waals surface area (Å²) in [5.74, 6) is 0.825. The molecule has 17 heavy (non-hydrogen) atoms. The maximum absolute atomic E-state index is 9.08. The standard InChI is InChI=1S/C14H9N3/c15-9-10-5-6-13(14-16-7-8-17-14)12-4-2-1-3-11(10)12/h1-8H,(H,16,17). The van der Waals surface area contributed by atoms with E-state index >= 15 is 0 Å². The summed E-state index contributed by atoms with van der Waals surface area (Å²) in [5.41, 5.74) is 1.71. The summed E-state index contributed by atoms with van der Waals surface area (Å²) in [6, 6.07) is 13.9. The lowest BCUT2D eigenvalue weighted by atomic mass is 10.00. The molecule has 3 nitrogen and oxygen atoms in total. The van der Waals surface area contributed by atoms with Crippen molar-refractivity contribution in [3.05, 3.63) is 54.4 Å². The molecule has 3 heteroatoms. The Morgan fingerprint density at radius 2 is 1.88 bits per heavy atom. The summed E-state index contributed by atoms with van der Waals surface area (Å²) >= 11 is 0. The van der Waals surface area contributed by atoms with Crippen molar-refractivity contribution in [2.45, 2.75) is 0 Å². The predicted octanol–water partition coefficient (Wildman–Crippen LogP) is 3.10. The van der Waals surface area contributed by atoms with E-state index in [2.05, 4.69) is 16.0 Å².